The highest BCUT2D eigenvalue weighted by atomic mass is 35.5. The number of hydrogen-bond acceptors (Lipinski definition) is 2. The molecule has 0 aromatic carbocycles. The summed E-state index contributed by atoms with van der Waals surface area (Å²) in [5, 5.41) is 11.2. The molecule has 0 atom stereocenters. The fourth-order valence-electron chi connectivity index (χ4n) is 2.47. The molecule has 0 spiro atoms. The molecule has 2 rings (SSSR count). The Morgan fingerprint density at radius 1 is 1.25 bits per heavy atom. The molecule has 1 fully saturated rings. The van der Waals surface area contributed by atoms with Crippen molar-refractivity contribution in [1.82, 2.24) is 4.98 Å². The molecule has 3 heteroatoms. The molecule has 0 saturated heterocycles. The molecule has 16 heavy (non-hydrogen) atoms. The van der Waals surface area contributed by atoms with E-state index in [-0.39, 0.29) is 0 Å². The molecule has 0 bridgehead atoms. The summed E-state index contributed by atoms with van der Waals surface area (Å²) in [5.74, 6) is 0. The van der Waals surface area contributed by atoms with Gasteiger partial charge in [0.15, 0.2) is 0 Å². The van der Waals surface area contributed by atoms with Crippen LogP contribution in [0.5, 0.6) is 0 Å². The van der Waals surface area contributed by atoms with Crippen molar-refractivity contribution in [2.45, 2.75) is 50.5 Å². The van der Waals surface area contributed by atoms with E-state index in [1.807, 2.05) is 6.07 Å². The van der Waals surface area contributed by atoms with Crippen molar-refractivity contribution >= 4 is 11.6 Å². The zero-order valence-corrected chi connectivity index (χ0v) is 10.2. The Hall–Kier alpha value is -0.600. The fourth-order valence-corrected chi connectivity index (χ4v) is 2.65. The topological polar surface area (TPSA) is 33.1 Å². The van der Waals surface area contributed by atoms with Gasteiger partial charge >= 0.3 is 0 Å². The van der Waals surface area contributed by atoms with E-state index in [0.29, 0.717) is 11.4 Å². The predicted octanol–water partition coefficient (Wildman–Crippen LogP) is 3.36. The van der Waals surface area contributed by atoms with Crippen LogP contribution in [-0.4, -0.2) is 15.7 Å². The monoisotopic (exact) mass is 239 g/mol. The van der Waals surface area contributed by atoms with Crippen LogP contribution in [0.2, 0.25) is 5.02 Å². The fraction of sp³-hybridized carbons (Fsp3) is 0.615. The van der Waals surface area contributed by atoms with Gasteiger partial charge in [0.1, 0.15) is 0 Å². The van der Waals surface area contributed by atoms with Crippen molar-refractivity contribution in [3.63, 3.8) is 0 Å². The Morgan fingerprint density at radius 3 is 2.56 bits per heavy atom. The minimum atomic E-state index is -0.554. The van der Waals surface area contributed by atoms with Gasteiger partial charge in [-0.2, -0.15) is 0 Å². The average Bonchev–Trinajstić information content (AvgIpc) is 2.47. The lowest BCUT2D eigenvalue weighted by molar-refractivity contribution is 0.0252. The van der Waals surface area contributed by atoms with E-state index in [1.165, 1.54) is 12.8 Å². The number of nitrogens with zero attached hydrogens (tertiary/aromatic N) is 1. The molecule has 1 saturated carbocycles. The van der Waals surface area contributed by atoms with Gasteiger partial charge in [0, 0.05) is 18.8 Å². The maximum atomic E-state index is 10.6. The van der Waals surface area contributed by atoms with E-state index < -0.39 is 5.60 Å². The quantitative estimate of drug-likeness (QED) is 0.803. The van der Waals surface area contributed by atoms with E-state index in [1.54, 1.807) is 12.4 Å². The summed E-state index contributed by atoms with van der Waals surface area (Å²) in [5.41, 5.74) is 0.461. The van der Waals surface area contributed by atoms with Crippen LogP contribution in [0.25, 0.3) is 0 Å². The zero-order valence-electron chi connectivity index (χ0n) is 9.45. The van der Waals surface area contributed by atoms with E-state index in [2.05, 4.69) is 4.98 Å². The Labute approximate surface area is 102 Å². The van der Waals surface area contributed by atoms with Crippen molar-refractivity contribution in [2.75, 3.05) is 0 Å². The smallest absolute Gasteiger partial charge is 0.0688 e. The number of hydrogen-bond donors (Lipinski definition) is 1. The van der Waals surface area contributed by atoms with Crippen LogP contribution in [0.4, 0.5) is 0 Å². The molecule has 0 radical (unpaired) electrons. The summed E-state index contributed by atoms with van der Waals surface area (Å²) in [7, 11) is 0. The van der Waals surface area contributed by atoms with Gasteiger partial charge in [0.2, 0.25) is 0 Å². The third-order valence-corrected chi connectivity index (χ3v) is 3.75. The van der Waals surface area contributed by atoms with Crippen molar-refractivity contribution in [1.29, 1.82) is 0 Å². The summed E-state index contributed by atoms with van der Waals surface area (Å²) >= 11 is 6.07. The second kappa shape index (κ2) is 5.15. The molecule has 1 N–H and O–H groups in total. The first-order chi connectivity index (χ1) is 7.70. The highest BCUT2D eigenvalue weighted by Gasteiger charge is 2.28. The molecule has 0 amide bonds. The predicted molar refractivity (Wildman–Crippen MR) is 65.6 cm³/mol. The minimum absolute atomic E-state index is 0.554. The SMILES string of the molecule is OC1(Cc2ccncc2Cl)CCCCCC1. The number of aromatic nitrogens is 1. The van der Waals surface area contributed by atoms with Gasteiger partial charge in [-0.15, -0.1) is 0 Å². The summed E-state index contributed by atoms with van der Waals surface area (Å²) < 4.78 is 0. The Kier molecular flexibility index (Phi) is 3.82. The third-order valence-electron chi connectivity index (χ3n) is 3.41. The number of aliphatic hydroxyl groups is 1. The molecule has 1 heterocycles. The van der Waals surface area contributed by atoms with Gasteiger partial charge in [-0.25, -0.2) is 0 Å². The zero-order chi connectivity index (χ0) is 11.4. The van der Waals surface area contributed by atoms with Gasteiger partial charge < -0.3 is 5.11 Å². The number of halogens is 1. The van der Waals surface area contributed by atoms with Crippen molar-refractivity contribution in [2.24, 2.45) is 0 Å². The summed E-state index contributed by atoms with van der Waals surface area (Å²) in [6, 6.07) is 1.91. The molecule has 2 nitrogen and oxygen atoms in total. The van der Waals surface area contributed by atoms with Crippen LogP contribution >= 0.6 is 11.6 Å². The Balaban J connectivity index is 2.10. The second-order valence-electron chi connectivity index (χ2n) is 4.78. The molecule has 1 aromatic rings. The van der Waals surface area contributed by atoms with Gasteiger partial charge in [-0.1, -0.05) is 37.3 Å². The molecular formula is C13H18ClNO. The normalized spacial score (nSPS) is 20.4. The molecule has 1 aromatic heterocycles. The third kappa shape index (κ3) is 2.96. The number of rotatable bonds is 2. The highest BCUT2D eigenvalue weighted by molar-refractivity contribution is 6.31. The molecule has 0 unspecified atom stereocenters. The summed E-state index contributed by atoms with van der Waals surface area (Å²) in [6.07, 6.45) is 10.6. The van der Waals surface area contributed by atoms with Gasteiger partial charge in [0.25, 0.3) is 0 Å². The van der Waals surface area contributed by atoms with Crippen molar-refractivity contribution in [3.8, 4) is 0 Å². The van der Waals surface area contributed by atoms with E-state index in [4.69, 9.17) is 11.6 Å². The van der Waals surface area contributed by atoms with Crippen molar-refractivity contribution < 1.29 is 5.11 Å². The van der Waals surface area contributed by atoms with E-state index in [9.17, 15) is 5.11 Å². The lowest BCUT2D eigenvalue weighted by atomic mass is 9.88. The first-order valence-corrected chi connectivity index (χ1v) is 6.38. The van der Waals surface area contributed by atoms with Gasteiger partial charge in [-0.3, -0.25) is 4.98 Å². The maximum absolute atomic E-state index is 10.6. The van der Waals surface area contributed by atoms with E-state index in [0.717, 1.165) is 31.2 Å². The van der Waals surface area contributed by atoms with Gasteiger partial charge in [0.05, 0.1) is 10.6 Å². The van der Waals surface area contributed by atoms with Gasteiger partial charge in [-0.05, 0) is 24.5 Å². The molecular weight excluding hydrogens is 222 g/mol. The lowest BCUT2D eigenvalue weighted by Gasteiger charge is -2.27. The minimum Gasteiger partial charge on any atom is -0.390 e. The maximum Gasteiger partial charge on any atom is 0.0688 e. The number of pyridine rings is 1. The first kappa shape index (κ1) is 11.9. The molecule has 1 aliphatic rings. The van der Waals surface area contributed by atoms with Crippen LogP contribution in [-0.2, 0) is 6.42 Å². The van der Waals surface area contributed by atoms with Crippen molar-refractivity contribution in [3.05, 3.63) is 29.0 Å². The van der Waals surface area contributed by atoms with Crippen LogP contribution in [0.3, 0.4) is 0 Å². The summed E-state index contributed by atoms with van der Waals surface area (Å²) in [4.78, 5) is 3.97. The van der Waals surface area contributed by atoms with Crippen LogP contribution in [0.15, 0.2) is 18.5 Å². The van der Waals surface area contributed by atoms with Crippen LogP contribution in [0, 0.1) is 0 Å². The van der Waals surface area contributed by atoms with Crippen LogP contribution < -0.4 is 0 Å². The average molecular weight is 240 g/mol. The largest absolute Gasteiger partial charge is 0.390 e. The lowest BCUT2D eigenvalue weighted by Crippen LogP contribution is -2.30. The Morgan fingerprint density at radius 2 is 1.94 bits per heavy atom. The highest BCUT2D eigenvalue weighted by Crippen LogP contribution is 2.31. The summed E-state index contributed by atoms with van der Waals surface area (Å²) in [6.45, 7) is 0. The second-order valence-corrected chi connectivity index (χ2v) is 5.19. The van der Waals surface area contributed by atoms with E-state index >= 15 is 0 Å². The Bertz CT molecular complexity index is 346. The van der Waals surface area contributed by atoms with Crippen LogP contribution in [0.1, 0.15) is 44.1 Å². The molecule has 0 aliphatic heterocycles. The molecule has 1 aliphatic carbocycles. The first-order valence-electron chi connectivity index (χ1n) is 6.00. The molecule has 88 valence electrons. The standard InChI is InChI=1S/C13H18ClNO/c14-12-10-15-8-5-11(12)9-13(16)6-3-1-2-4-7-13/h5,8,10,16H,1-4,6-7,9H2.